The molecule has 1 amide bonds. The van der Waals surface area contributed by atoms with Crippen LogP contribution in [-0.4, -0.2) is 23.2 Å². The van der Waals surface area contributed by atoms with Crippen LogP contribution in [-0.2, 0) is 4.79 Å². The van der Waals surface area contributed by atoms with Crippen LogP contribution in [0.25, 0.3) is 0 Å². The summed E-state index contributed by atoms with van der Waals surface area (Å²) in [5.41, 5.74) is 0. The van der Waals surface area contributed by atoms with Crippen molar-refractivity contribution in [1.29, 1.82) is 0 Å². The maximum atomic E-state index is 12.0. The molecular weight excluding hydrogens is 202 g/mol. The number of hydrogen-bond acceptors (Lipinski definition) is 2. The SMILES string of the molecule is CC(C(=O)NC1CCC(O)C1)C1CCCC1. The minimum absolute atomic E-state index is 0.153. The summed E-state index contributed by atoms with van der Waals surface area (Å²) in [6, 6.07) is 0.214. The lowest BCUT2D eigenvalue weighted by Gasteiger charge is -2.21. The van der Waals surface area contributed by atoms with E-state index in [0.717, 1.165) is 19.3 Å². The average molecular weight is 225 g/mol. The molecule has 2 aliphatic rings. The van der Waals surface area contributed by atoms with Gasteiger partial charge in [0.2, 0.25) is 5.91 Å². The van der Waals surface area contributed by atoms with Crippen LogP contribution in [0.2, 0.25) is 0 Å². The summed E-state index contributed by atoms with van der Waals surface area (Å²) in [4.78, 5) is 12.0. The van der Waals surface area contributed by atoms with Crippen LogP contribution < -0.4 is 5.32 Å². The fourth-order valence-electron chi connectivity index (χ4n) is 3.09. The third-order valence-corrected chi connectivity index (χ3v) is 4.27. The van der Waals surface area contributed by atoms with E-state index < -0.39 is 0 Å². The van der Waals surface area contributed by atoms with Crippen molar-refractivity contribution in [2.24, 2.45) is 11.8 Å². The van der Waals surface area contributed by atoms with E-state index in [9.17, 15) is 9.90 Å². The molecule has 2 N–H and O–H groups in total. The first-order valence-corrected chi connectivity index (χ1v) is 6.65. The Morgan fingerprint density at radius 3 is 2.50 bits per heavy atom. The lowest BCUT2D eigenvalue weighted by atomic mass is 9.91. The van der Waals surface area contributed by atoms with E-state index >= 15 is 0 Å². The molecule has 0 bridgehead atoms. The van der Waals surface area contributed by atoms with Crippen LogP contribution in [0.4, 0.5) is 0 Å². The van der Waals surface area contributed by atoms with Gasteiger partial charge >= 0.3 is 0 Å². The van der Waals surface area contributed by atoms with Gasteiger partial charge in [-0.2, -0.15) is 0 Å². The molecule has 92 valence electrons. The molecule has 0 aliphatic heterocycles. The Hall–Kier alpha value is -0.570. The maximum absolute atomic E-state index is 12.0. The van der Waals surface area contributed by atoms with Gasteiger partial charge in [0.1, 0.15) is 0 Å². The molecule has 0 aromatic heterocycles. The molecule has 0 aromatic carbocycles. The average Bonchev–Trinajstić information content (AvgIpc) is 2.88. The van der Waals surface area contributed by atoms with Gasteiger partial charge in [0.25, 0.3) is 0 Å². The topological polar surface area (TPSA) is 49.3 Å². The summed E-state index contributed by atoms with van der Waals surface area (Å²) in [5.74, 6) is 0.942. The normalized spacial score (nSPS) is 32.9. The number of hydrogen-bond donors (Lipinski definition) is 2. The van der Waals surface area contributed by atoms with Gasteiger partial charge in [0.15, 0.2) is 0 Å². The third kappa shape index (κ3) is 2.76. The monoisotopic (exact) mass is 225 g/mol. The summed E-state index contributed by atoms with van der Waals surface area (Å²) < 4.78 is 0. The first-order chi connectivity index (χ1) is 7.66. The number of carbonyl (C=O) groups is 1. The molecule has 2 saturated carbocycles. The highest BCUT2D eigenvalue weighted by atomic mass is 16.3. The van der Waals surface area contributed by atoms with Gasteiger partial charge in [-0.25, -0.2) is 0 Å². The van der Waals surface area contributed by atoms with E-state index in [4.69, 9.17) is 0 Å². The van der Waals surface area contributed by atoms with Crippen LogP contribution in [0.15, 0.2) is 0 Å². The van der Waals surface area contributed by atoms with Gasteiger partial charge < -0.3 is 10.4 Å². The van der Waals surface area contributed by atoms with Crippen LogP contribution in [0, 0.1) is 11.8 Å². The summed E-state index contributed by atoms with van der Waals surface area (Å²) in [5, 5.41) is 12.5. The summed E-state index contributed by atoms with van der Waals surface area (Å²) in [7, 11) is 0. The molecule has 0 saturated heterocycles. The van der Waals surface area contributed by atoms with Crippen LogP contribution >= 0.6 is 0 Å². The molecule has 0 aromatic rings. The molecule has 16 heavy (non-hydrogen) atoms. The number of aliphatic hydroxyl groups is 1. The van der Waals surface area contributed by atoms with Gasteiger partial charge in [-0.3, -0.25) is 4.79 Å². The summed E-state index contributed by atoms with van der Waals surface area (Å²) in [6.07, 6.45) is 7.29. The zero-order valence-corrected chi connectivity index (χ0v) is 10.1. The molecule has 2 aliphatic carbocycles. The molecule has 3 atom stereocenters. The smallest absolute Gasteiger partial charge is 0.223 e. The molecular formula is C13H23NO2. The van der Waals surface area contributed by atoms with Gasteiger partial charge in [0, 0.05) is 12.0 Å². The standard InChI is InChI=1S/C13H23NO2/c1-9(10-4-2-3-5-10)13(16)14-11-6-7-12(15)8-11/h9-12,15H,2-8H2,1H3,(H,14,16). The molecule has 2 rings (SSSR count). The molecule has 0 radical (unpaired) electrons. The predicted octanol–water partition coefficient (Wildman–Crippen LogP) is 1.84. The van der Waals surface area contributed by atoms with E-state index in [2.05, 4.69) is 12.2 Å². The maximum Gasteiger partial charge on any atom is 0.223 e. The Morgan fingerprint density at radius 2 is 1.94 bits per heavy atom. The fraction of sp³-hybridized carbons (Fsp3) is 0.923. The number of carbonyl (C=O) groups excluding carboxylic acids is 1. The third-order valence-electron chi connectivity index (χ3n) is 4.27. The Bertz CT molecular complexity index is 248. The van der Waals surface area contributed by atoms with Crippen molar-refractivity contribution < 1.29 is 9.90 Å². The highest BCUT2D eigenvalue weighted by Gasteiger charge is 2.30. The predicted molar refractivity (Wildman–Crippen MR) is 62.9 cm³/mol. The van der Waals surface area contributed by atoms with Crippen LogP contribution in [0.3, 0.4) is 0 Å². The first kappa shape index (κ1) is 11.9. The van der Waals surface area contributed by atoms with Crippen molar-refractivity contribution in [2.75, 3.05) is 0 Å². The second kappa shape index (κ2) is 5.17. The highest BCUT2D eigenvalue weighted by molar-refractivity contribution is 5.79. The molecule has 0 spiro atoms. The minimum atomic E-state index is -0.202. The number of amides is 1. The van der Waals surface area contributed by atoms with E-state index in [0.29, 0.717) is 5.92 Å². The zero-order valence-electron chi connectivity index (χ0n) is 10.1. The van der Waals surface area contributed by atoms with E-state index in [-0.39, 0.29) is 24.0 Å². The van der Waals surface area contributed by atoms with E-state index in [1.54, 1.807) is 0 Å². The lowest BCUT2D eigenvalue weighted by Crippen LogP contribution is -2.39. The van der Waals surface area contributed by atoms with Crippen molar-refractivity contribution in [3.63, 3.8) is 0 Å². The first-order valence-electron chi connectivity index (χ1n) is 6.65. The van der Waals surface area contributed by atoms with Crippen molar-refractivity contribution in [3.8, 4) is 0 Å². The van der Waals surface area contributed by atoms with Crippen molar-refractivity contribution in [2.45, 2.75) is 64.0 Å². The van der Waals surface area contributed by atoms with Gasteiger partial charge in [-0.1, -0.05) is 19.8 Å². The number of rotatable bonds is 3. The Kier molecular flexibility index (Phi) is 3.85. The van der Waals surface area contributed by atoms with Crippen LogP contribution in [0.1, 0.15) is 51.9 Å². The number of aliphatic hydroxyl groups excluding tert-OH is 1. The Labute approximate surface area is 97.6 Å². The van der Waals surface area contributed by atoms with Gasteiger partial charge in [-0.05, 0) is 38.0 Å². The van der Waals surface area contributed by atoms with Crippen LogP contribution in [0.5, 0.6) is 0 Å². The van der Waals surface area contributed by atoms with Crippen molar-refractivity contribution >= 4 is 5.91 Å². The van der Waals surface area contributed by atoms with E-state index in [1.807, 2.05) is 0 Å². The van der Waals surface area contributed by atoms with Gasteiger partial charge in [-0.15, -0.1) is 0 Å². The molecule has 2 fully saturated rings. The number of nitrogens with one attached hydrogen (secondary N) is 1. The minimum Gasteiger partial charge on any atom is -0.393 e. The summed E-state index contributed by atoms with van der Waals surface area (Å²) in [6.45, 7) is 2.05. The van der Waals surface area contributed by atoms with E-state index in [1.165, 1.54) is 25.7 Å². The van der Waals surface area contributed by atoms with Crippen molar-refractivity contribution in [3.05, 3.63) is 0 Å². The van der Waals surface area contributed by atoms with Crippen molar-refractivity contribution in [1.82, 2.24) is 5.32 Å². The lowest BCUT2D eigenvalue weighted by molar-refractivity contribution is -0.126. The fourth-order valence-corrected chi connectivity index (χ4v) is 3.09. The Balaban J connectivity index is 1.78. The molecule has 3 heteroatoms. The second-order valence-corrected chi connectivity index (χ2v) is 5.51. The Morgan fingerprint density at radius 1 is 1.25 bits per heavy atom. The summed E-state index contributed by atoms with van der Waals surface area (Å²) >= 11 is 0. The zero-order chi connectivity index (χ0) is 11.5. The largest absolute Gasteiger partial charge is 0.393 e. The quantitative estimate of drug-likeness (QED) is 0.770. The molecule has 3 unspecified atom stereocenters. The molecule has 3 nitrogen and oxygen atoms in total. The van der Waals surface area contributed by atoms with Gasteiger partial charge in [0.05, 0.1) is 6.10 Å². The molecule has 0 heterocycles. The highest BCUT2D eigenvalue weighted by Crippen LogP contribution is 2.31. The second-order valence-electron chi connectivity index (χ2n) is 5.51.